The van der Waals surface area contributed by atoms with E-state index in [9.17, 15) is 14.9 Å². The molecular weight excluding hydrogens is 292 g/mol. The molecule has 7 heteroatoms. The molecule has 0 N–H and O–H groups in total. The standard InChI is InChI=1S/C10H11BrN2O4/c1-2-10(14)17-4-3-8-9(13(15)16)5-7(11)6-12-8/h5-6H,2-4H2,1H3. The van der Waals surface area contributed by atoms with Gasteiger partial charge in [-0.25, -0.2) is 0 Å². The molecule has 0 saturated carbocycles. The van der Waals surface area contributed by atoms with Crippen LogP contribution in [0.2, 0.25) is 0 Å². The van der Waals surface area contributed by atoms with Gasteiger partial charge in [-0.1, -0.05) is 6.92 Å². The fourth-order valence-corrected chi connectivity index (χ4v) is 1.49. The van der Waals surface area contributed by atoms with Gasteiger partial charge in [0.2, 0.25) is 0 Å². The predicted octanol–water partition coefficient (Wildman–Crippen LogP) is 2.25. The van der Waals surface area contributed by atoms with Gasteiger partial charge < -0.3 is 4.74 Å². The summed E-state index contributed by atoms with van der Waals surface area (Å²) in [6.07, 6.45) is 2.00. The molecule has 0 bridgehead atoms. The lowest BCUT2D eigenvalue weighted by molar-refractivity contribution is -0.386. The number of carbonyl (C=O) groups excluding carboxylic acids is 1. The Labute approximate surface area is 106 Å². The maximum atomic E-state index is 10.9. The molecule has 0 radical (unpaired) electrons. The second-order valence-corrected chi connectivity index (χ2v) is 4.12. The normalized spacial score (nSPS) is 10.0. The highest BCUT2D eigenvalue weighted by Crippen LogP contribution is 2.21. The van der Waals surface area contributed by atoms with Crippen LogP contribution in [0.5, 0.6) is 0 Å². The Morgan fingerprint density at radius 3 is 2.94 bits per heavy atom. The summed E-state index contributed by atoms with van der Waals surface area (Å²) in [6, 6.07) is 1.38. The Balaban J connectivity index is 2.70. The first kappa shape index (κ1) is 13.6. The zero-order chi connectivity index (χ0) is 12.8. The quantitative estimate of drug-likeness (QED) is 0.473. The van der Waals surface area contributed by atoms with Crippen LogP contribution in [0.3, 0.4) is 0 Å². The van der Waals surface area contributed by atoms with Gasteiger partial charge in [0.05, 0.1) is 11.5 Å². The number of nitro groups is 1. The summed E-state index contributed by atoms with van der Waals surface area (Å²) in [4.78, 5) is 25.1. The largest absolute Gasteiger partial charge is 0.465 e. The summed E-state index contributed by atoms with van der Waals surface area (Å²) < 4.78 is 5.39. The second kappa shape index (κ2) is 6.29. The topological polar surface area (TPSA) is 82.3 Å². The van der Waals surface area contributed by atoms with Gasteiger partial charge in [0, 0.05) is 29.6 Å². The van der Waals surface area contributed by atoms with E-state index in [-0.39, 0.29) is 31.1 Å². The average molecular weight is 303 g/mol. The number of halogens is 1. The zero-order valence-electron chi connectivity index (χ0n) is 9.18. The van der Waals surface area contributed by atoms with Crippen molar-refractivity contribution in [2.24, 2.45) is 0 Å². The fourth-order valence-electron chi connectivity index (χ4n) is 1.17. The number of carbonyl (C=O) groups is 1. The molecule has 0 unspecified atom stereocenters. The number of nitrogens with zero attached hydrogens (tertiary/aromatic N) is 2. The molecule has 0 aliphatic rings. The molecule has 6 nitrogen and oxygen atoms in total. The van der Waals surface area contributed by atoms with Gasteiger partial charge >= 0.3 is 5.97 Å². The summed E-state index contributed by atoms with van der Waals surface area (Å²) in [7, 11) is 0. The number of pyridine rings is 1. The van der Waals surface area contributed by atoms with Crippen LogP contribution in [0, 0.1) is 10.1 Å². The minimum Gasteiger partial charge on any atom is -0.465 e. The van der Waals surface area contributed by atoms with E-state index in [1.807, 2.05) is 0 Å². The molecular formula is C10H11BrN2O4. The number of esters is 1. The molecule has 0 saturated heterocycles. The van der Waals surface area contributed by atoms with E-state index in [2.05, 4.69) is 20.9 Å². The van der Waals surface area contributed by atoms with E-state index in [1.54, 1.807) is 6.92 Å². The summed E-state index contributed by atoms with van der Waals surface area (Å²) >= 11 is 3.11. The Morgan fingerprint density at radius 1 is 1.65 bits per heavy atom. The molecule has 0 aliphatic carbocycles. The number of hydrogen-bond donors (Lipinski definition) is 0. The third kappa shape index (κ3) is 4.10. The summed E-state index contributed by atoms with van der Waals surface area (Å²) in [5, 5.41) is 10.8. The predicted molar refractivity (Wildman–Crippen MR) is 63.5 cm³/mol. The van der Waals surface area contributed by atoms with Crippen LogP contribution in [-0.2, 0) is 16.0 Å². The SMILES string of the molecule is CCC(=O)OCCc1ncc(Br)cc1[N+](=O)[O-]. The van der Waals surface area contributed by atoms with Gasteiger partial charge in [0.25, 0.3) is 5.69 Å². The van der Waals surface area contributed by atoms with Crippen molar-refractivity contribution in [1.82, 2.24) is 4.98 Å². The van der Waals surface area contributed by atoms with Crippen LogP contribution in [0.15, 0.2) is 16.7 Å². The first-order valence-electron chi connectivity index (χ1n) is 4.99. The molecule has 0 aromatic carbocycles. The summed E-state index contributed by atoms with van der Waals surface area (Å²) in [5.41, 5.74) is 0.231. The molecule has 17 heavy (non-hydrogen) atoms. The molecule has 0 spiro atoms. The van der Waals surface area contributed by atoms with E-state index in [1.165, 1.54) is 12.3 Å². The molecule has 1 rings (SSSR count). The van der Waals surface area contributed by atoms with E-state index in [0.717, 1.165) is 0 Å². The van der Waals surface area contributed by atoms with Crippen molar-refractivity contribution in [3.05, 3.63) is 32.5 Å². The van der Waals surface area contributed by atoms with Crippen LogP contribution in [0.1, 0.15) is 19.0 Å². The minimum atomic E-state index is -0.505. The maximum Gasteiger partial charge on any atom is 0.305 e. The van der Waals surface area contributed by atoms with Crippen LogP contribution in [-0.4, -0.2) is 22.5 Å². The third-order valence-electron chi connectivity index (χ3n) is 2.00. The van der Waals surface area contributed by atoms with Crippen LogP contribution in [0.25, 0.3) is 0 Å². The van der Waals surface area contributed by atoms with Gasteiger partial charge in [-0.3, -0.25) is 19.9 Å². The average Bonchev–Trinajstić information content (AvgIpc) is 2.30. The third-order valence-corrected chi connectivity index (χ3v) is 2.43. The number of rotatable bonds is 5. The molecule has 0 aliphatic heterocycles. The van der Waals surface area contributed by atoms with E-state index in [4.69, 9.17) is 4.74 Å². The molecule has 0 fully saturated rings. The lowest BCUT2D eigenvalue weighted by atomic mass is 10.2. The first-order valence-corrected chi connectivity index (χ1v) is 5.78. The molecule has 1 aromatic rings. The van der Waals surface area contributed by atoms with Crippen molar-refractivity contribution in [1.29, 1.82) is 0 Å². The van der Waals surface area contributed by atoms with Crippen molar-refractivity contribution in [3.63, 3.8) is 0 Å². The maximum absolute atomic E-state index is 10.9. The Kier molecular flexibility index (Phi) is 5.02. The highest BCUT2D eigenvalue weighted by atomic mass is 79.9. The summed E-state index contributed by atoms with van der Waals surface area (Å²) in [6.45, 7) is 1.78. The Hall–Kier alpha value is -1.50. The van der Waals surface area contributed by atoms with E-state index in [0.29, 0.717) is 10.2 Å². The lowest BCUT2D eigenvalue weighted by Gasteiger charge is -2.04. The molecule has 1 heterocycles. The van der Waals surface area contributed by atoms with E-state index < -0.39 is 4.92 Å². The van der Waals surface area contributed by atoms with Crippen molar-refractivity contribution in [3.8, 4) is 0 Å². The van der Waals surface area contributed by atoms with Crippen molar-refractivity contribution >= 4 is 27.6 Å². The van der Waals surface area contributed by atoms with Crippen LogP contribution >= 0.6 is 15.9 Å². The van der Waals surface area contributed by atoms with Crippen LogP contribution in [0.4, 0.5) is 5.69 Å². The number of ether oxygens (including phenoxy) is 1. The van der Waals surface area contributed by atoms with Crippen molar-refractivity contribution < 1.29 is 14.5 Å². The zero-order valence-corrected chi connectivity index (χ0v) is 10.8. The van der Waals surface area contributed by atoms with Crippen molar-refractivity contribution in [2.75, 3.05) is 6.61 Å². The van der Waals surface area contributed by atoms with Gasteiger partial charge in [-0.15, -0.1) is 0 Å². The van der Waals surface area contributed by atoms with Gasteiger partial charge in [0.1, 0.15) is 5.69 Å². The van der Waals surface area contributed by atoms with Crippen molar-refractivity contribution in [2.45, 2.75) is 19.8 Å². The highest BCUT2D eigenvalue weighted by molar-refractivity contribution is 9.10. The summed E-state index contributed by atoms with van der Waals surface area (Å²) in [5.74, 6) is -0.329. The van der Waals surface area contributed by atoms with Gasteiger partial charge in [-0.2, -0.15) is 0 Å². The highest BCUT2D eigenvalue weighted by Gasteiger charge is 2.15. The molecule has 0 amide bonds. The number of hydrogen-bond acceptors (Lipinski definition) is 5. The fraction of sp³-hybridized carbons (Fsp3) is 0.400. The minimum absolute atomic E-state index is 0.0769. The van der Waals surface area contributed by atoms with Gasteiger partial charge in [0.15, 0.2) is 0 Å². The lowest BCUT2D eigenvalue weighted by Crippen LogP contribution is -2.08. The van der Waals surface area contributed by atoms with E-state index >= 15 is 0 Å². The Bertz CT molecular complexity index is 436. The second-order valence-electron chi connectivity index (χ2n) is 3.20. The van der Waals surface area contributed by atoms with Crippen LogP contribution < -0.4 is 0 Å². The smallest absolute Gasteiger partial charge is 0.305 e. The molecule has 92 valence electrons. The van der Waals surface area contributed by atoms with Gasteiger partial charge in [-0.05, 0) is 15.9 Å². The Morgan fingerprint density at radius 2 is 2.35 bits per heavy atom. The molecule has 1 aromatic heterocycles. The number of aromatic nitrogens is 1. The first-order chi connectivity index (χ1) is 8.04. The molecule has 0 atom stereocenters. The monoisotopic (exact) mass is 302 g/mol.